The Kier molecular flexibility index (Phi) is 8.45. The van der Waals surface area contributed by atoms with Gasteiger partial charge in [-0.1, -0.05) is 6.58 Å². The Morgan fingerprint density at radius 3 is 2.23 bits per heavy atom. The predicted molar refractivity (Wildman–Crippen MR) is 45.1 cm³/mol. The Hall–Kier alpha value is -1.05. The molecule has 0 N–H and O–H groups in total. The van der Waals surface area contributed by atoms with Crippen molar-refractivity contribution >= 4 is 36.8 Å². The number of ether oxygens (including phenoxy) is 2. The summed E-state index contributed by atoms with van der Waals surface area (Å²) < 4.78 is 8.23. The number of methoxy groups -OCH3 is 1. The average Bonchev–Trinajstić information content (AvgIpc) is 2.03. The Morgan fingerprint density at radius 2 is 1.85 bits per heavy atom. The van der Waals surface area contributed by atoms with E-state index in [0.717, 1.165) is 13.2 Å². The van der Waals surface area contributed by atoms with Gasteiger partial charge in [-0.25, -0.2) is 4.79 Å². The molecule has 6 heteroatoms. The third kappa shape index (κ3) is 7.31. The summed E-state index contributed by atoms with van der Waals surface area (Å²) in [4.78, 5) is 31.4. The zero-order valence-corrected chi connectivity index (χ0v) is 6.53. The van der Waals surface area contributed by atoms with Crippen LogP contribution in [0.3, 0.4) is 0 Å². The van der Waals surface area contributed by atoms with Crippen molar-refractivity contribution in [1.82, 2.24) is 0 Å². The number of rotatable bonds is 3. The molecule has 0 atom stereocenters. The molecular weight excluding hydrogens is 171 g/mol. The molecule has 13 heavy (non-hydrogen) atoms. The van der Waals surface area contributed by atoms with E-state index in [1.54, 1.807) is 0 Å². The van der Waals surface area contributed by atoms with Gasteiger partial charge in [-0.2, -0.15) is 0 Å². The maximum absolute atomic E-state index is 10.6. The molecule has 0 unspecified atom stereocenters. The molecule has 0 fully saturated rings. The summed E-state index contributed by atoms with van der Waals surface area (Å²) in [6.07, 6.45) is 0.255. The summed E-state index contributed by atoms with van der Waals surface area (Å²) in [5, 5.41) is 0. The van der Waals surface area contributed by atoms with E-state index in [-0.39, 0.29) is 18.9 Å². The van der Waals surface area contributed by atoms with Crippen LogP contribution in [0, 0.1) is 0 Å². The van der Waals surface area contributed by atoms with E-state index in [1.165, 1.54) is 0 Å². The van der Waals surface area contributed by atoms with Crippen LogP contribution in [0.15, 0.2) is 12.7 Å². The van der Waals surface area contributed by atoms with Crippen LogP contribution in [-0.2, 0) is 23.9 Å². The molecule has 0 aromatic heterocycles. The van der Waals surface area contributed by atoms with E-state index < -0.39 is 24.3 Å². The van der Waals surface area contributed by atoms with Crippen LogP contribution in [0.25, 0.3) is 0 Å². The van der Waals surface area contributed by atoms with E-state index in [9.17, 15) is 14.4 Å². The summed E-state index contributed by atoms with van der Waals surface area (Å²) in [7, 11) is 1.13. The minimum absolute atomic E-state index is 0. The van der Waals surface area contributed by atoms with Crippen LogP contribution in [-0.4, -0.2) is 43.9 Å². The van der Waals surface area contributed by atoms with Crippen molar-refractivity contribution in [2.45, 2.75) is 6.42 Å². The van der Waals surface area contributed by atoms with Gasteiger partial charge >= 0.3 is 36.8 Å². The van der Waals surface area contributed by atoms with Gasteiger partial charge in [0.15, 0.2) is 0 Å². The van der Waals surface area contributed by atoms with Crippen molar-refractivity contribution in [3.63, 3.8) is 0 Å². The van der Waals surface area contributed by atoms with Gasteiger partial charge in [-0.15, -0.1) is 0 Å². The van der Waals surface area contributed by atoms with Gasteiger partial charge in [0, 0.05) is 6.08 Å². The molecule has 0 aromatic rings. The van der Waals surface area contributed by atoms with Gasteiger partial charge in [0.05, 0.1) is 7.11 Å². The van der Waals surface area contributed by atoms with Crippen molar-refractivity contribution in [3.05, 3.63) is 12.7 Å². The summed E-state index contributed by atoms with van der Waals surface area (Å²) in [6, 6.07) is 0. The zero-order chi connectivity index (χ0) is 9.56. The Bertz CT molecular complexity index is 223. The molecule has 0 heterocycles. The molecule has 0 amide bonds. The number of carbonyl (C=O) groups is 3. The van der Waals surface area contributed by atoms with Gasteiger partial charge in [-0.05, 0) is 0 Å². The molecule has 0 bridgehead atoms. The van der Waals surface area contributed by atoms with Crippen molar-refractivity contribution in [1.29, 1.82) is 0 Å². The van der Waals surface area contributed by atoms with Gasteiger partial charge < -0.3 is 9.47 Å². The molecule has 0 spiro atoms. The van der Waals surface area contributed by atoms with Crippen LogP contribution >= 0.6 is 0 Å². The monoisotopic (exact) mass is 180 g/mol. The van der Waals surface area contributed by atoms with E-state index in [2.05, 4.69) is 16.1 Å². The van der Waals surface area contributed by atoms with Crippen molar-refractivity contribution < 1.29 is 23.9 Å². The molecule has 68 valence electrons. The normalized spacial score (nSPS) is 7.77. The average molecular weight is 180 g/mol. The predicted octanol–water partition coefficient (Wildman–Crippen LogP) is -0.843. The van der Waals surface area contributed by atoms with Crippen molar-refractivity contribution in [2.24, 2.45) is 0 Å². The second-order valence-corrected chi connectivity index (χ2v) is 1.75. The summed E-state index contributed by atoms with van der Waals surface area (Å²) in [6.45, 7) is 3.07. The van der Waals surface area contributed by atoms with Crippen LogP contribution in [0.2, 0.25) is 0 Å². The van der Waals surface area contributed by atoms with E-state index in [4.69, 9.17) is 0 Å². The second kappa shape index (κ2) is 7.59. The topological polar surface area (TPSA) is 69.7 Å². The Labute approximate surface area is 87.2 Å². The van der Waals surface area contributed by atoms with E-state index in [0.29, 0.717) is 0 Å². The molecule has 0 aliphatic carbocycles. The molecule has 0 rings (SSSR count). The van der Waals surface area contributed by atoms with Gasteiger partial charge in [0.25, 0.3) is 0 Å². The maximum atomic E-state index is 10.6. The summed E-state index contributed by atoms with van der Waals surface area (Å²) in [5.74, 6) is -2.59. The van der Waals surface area contributed by atoms with Crippen LogP contribution in [0.1, 0.15) is 6.42 Å². The number of hydrogen-bond acceptors (Lipinski definition) is 5. The van der Waals surface area contributed by atoms with Gasteiger partial charge in [0.2, 0.25) is 0 Å². The number of esters is 3. The Balaban J connectivity index is 0. The quantitative estimate of drug-likeness (QED) is 0.245. The van der Waals surface area contributed by atoms with Gasteiger partial charge in [-0.3, -0.25) is 9.59 Å². The van der Waals surface area contributed by atoms with Crippen LogP contribution < -0.4 is 0 Å². The first kappa shape index (κ1) is 14.5. The third-order valence-electron chi connectivity index (χ3n) is 0.897. The molecule has 5 nitrogen and oxygen atoms in total. The third-order valence-corrected chi connectivity index (χ3v) is 0.897. The van der Waals surface area contributed by atoms with Crippen molar-refractivity contribution in [2.75, 3.05) is 7.11 Å². The molecule has 0 saturated carbocycles. The fourth-order valence-electron chi connectivity index (χ4n) is 0.380. The van der Waals surface area contributed by atoms with Crippen LogP contribution in [0.5, 0.6) is 0 Å². The van der Waals surface area contributed by atoms with E-state index in [1.807, 2.05) is 0 Å². The summed E-state index contributed by atoms with van der Waals surface area (Å²) in [5.41, 5.74) is 0. The second-order valence-electron chi connectivity index (χ2n) is 1.75. The molecular formula is C7H9LiO5. The Morgan fingerprint density at radius 1 is 1.31 bits per heavy atom. The molecule has 0 aliphatic rings. The molecule has 0 aliphatic heterocycles. The number of carbonyl (C=O) groups excluding carboxylic acids is 3. The fraction of sp³-hybridized carbons (Fsp3) is 0.286. The van der Waals surface area contributed by atoms with Gasteiger partial charge in [0.1, 0.15) is 6.42 Å². The molecule has 0 radical (unpaired) electrons. The molecule has 0 saturated heterocycles. The first-order chi connectivity index (χ1) is 5.60. The van der Waals surface area contributed by atoms with E-state index >= 15 is 0 Å². The molecule has 0 aromatic carbocycles. The zero-order valence-electron chi connectivity index (χ0n) is 6.53. The van der Waals surface area contributed by atoms with Crippen molar-refractivity contribution in [3.8, 4) is 0 Å². The number of hydrogen-bond donors (Lipinski definition) is 0. The SMILES string of the molecule is C=CC(=O)OC(=O)CC(=O)OC.[LiH]. The van der Waals surface area contributed by atoms with Crippen LogP contribution in [0.4, 0.5) is 0 Å². The first-order valence-electron chi connectivity index (χ1n) is 3.04. The fourth-order valence-corrected chi connectivity index (χ4v) is 0.380. The minimum atomic E-state index is -0.952. The summed E-state index contributed by atoms with van der Waals surface area (Å²) >= 11 is 0. The standard InChI is InChI=1S/C7H8O5.Li.H/c1-3-5(8)12-7(10)4-6(9)11-2;;/h3H,1,4H2,2H3;;. The first-order valence-corrected chi connectivity index (χ1v) is 3.04.